The number of esters is 1. The molecule has 0 aliphatic heterocycles. The van der Waals surface area contributed by atoms with Crippen LogP contribution in [0.4, 0.5) is 0 Å². The molecule has 0 aromatic heterocycles. The number of hydrogen-bond acceptors (Lipinski definition) is 3. The van der Waals surface area contributed by atoms with E-state index < -0.39 is 5.41 Å². The Hall–Kier alpha value is -2.29. The van der Waals surface area contributed by atoms with Crippen LogP contribution in [0.2, 0.25) is 0 Å². The lowest BCUT2D eigenvalue weighted by Crippen LogP contribution is -2.32. The molecule has 2 aromatic rings. The van der Waals surface area contributed by atoms with E-state index in [4.69, 9.17) is 9.47 Å². The smallest absolute Gasteiger partial charge is 0.317 e. The molecule has 3 nitrogen and oxygen atoms in total. The average molecular weight is 645 g/mol. The van der Waals surface area contributed by atoms with Crippen LogP contribution in [0.3, 0.4) is 0 Å². The summed E-state index contributed by atoms with van der Waals surface area (Å²) in [5, 5.41) is 0. The monoisotopic (exact) mass is 645 g/mol. The SMILES string of the molecule is CCCCC(C)(CC)Oc1ccc(C(C)(C)c2ccc(OC(=O)C(C)(CC)CCCC)c(C3CCCCC3)c2)cc1C1CCCCC1. The minimum Gasteiger partial charge on any atom is -0.487 e. The quantitative estimate of drug-likeness (QED) is 0.135. The highest BCUT2D eigenvalue weighted by Crippen LogP contribution is 2.45. The molecule has 2 aliphatic rings. The highest BCUT2D eigenvalue weighted by Gasteiger charge is 2.35. The van der Waals surface area contributed by atoms with Crippen LogP contribution in [0.25, 0.3) is 0 Å². The van der Waals surface area contributed by atoms with Crippen molar-refractivity contribution in [1.29, 1.82) is 0 Å². The van der Waals surface area contributed by atoms with Gasteiger partial charge in [-0.05, 0) is 118 Å². The van der Waals surface area contributed by atoms with Gasteiger partial charge >= 0.3 is 5.97 Å². The fraction of sp³-hybridized carbons (Fsp3) is 0.705. The number of unbranched alkanes of at least 4 members (excludes halogenated alkanes) is 2. The summed E-state index contributed by atoms with van der Waals surface area (Å²) in [5.74, 6) is 2.82. The fourth-order valence-corrected chi connectivity index (χ4v) is 8.02. The second-order valence-electron chi connectivity index (χ2n) is 16.2. The highest BCUT2D eigenvalue weighted by atomic mass is 16.5. The third-order valence-electron chi connectivity index (χ3n) is 12.3. The molecule has 0 amide bonds. The Balaban J connectivity index is 1.72. The molecule has 2 aliphatic carbocycles. The van der Waals surface area contributed by atoms with Crippen molar-refractivity contribution in [3.63, 3.8) is 0 Å². The molecule has 262 valence electrons. The van der Waals surface area contributed by atoms with Crippen molar-refractivity contribution in [2.45, 2.75) is 194 Å². The molecule has 0 heterocycles. The van der Waals surface area contributed by atoms with Gasteiger partial charge < -0.3 is 9.47 Å². The Bertz CT molecular complexity index is 1280. The summed E-state index contributed by atoms with van der Waals surface area (Å²) in [6.45, 7) is 18.0. The lowest BCUT2D eigenvalue weighted by Gasteiger charge is -2.35. The summed E-state index contributed by atoms with van der Waals surface area (Å²) >= 11 is 0. The summed E-state index contributed by atoms with van der Waals surface area (Å²) in [6.07, 6.45) is 20.9. The van der Waals surface area contributed by atoms with Crippen molar-refractivity contribution in [3.05, 3.63) is 58.7 Å². The number of rotatable bonds is 16. The van der Waals surface area contributed by atoms with Gasteiger partial charge in [0.05, 0.1) is 5.41 Å². The number of carbonyl (C=O) groups excluding carboxylic acids is 1. The van der Waals surface area contributed by atoms with E-state index in [0.29, 0.717) is 11.8 Å². The van der Waals surface area contributed by atoms with Gasteiger partial charge in [0.25, 0.3) is 0 Å². The van der Waals surface area contributed by atoms with Crippen molar-refractivity contribution in [2.75, 3.05) is 0 Å². The Morgan fingerprint density at radius 2 is 1.15 bits per heavy atom. The van der Waals surface area contributed by atoms with Gasteiger partial charge in [0.15, 0.2) is 0 Å². The van der Waals surface area contributed by atoms with Crippen molar-refractivity contribution in [2.24, 2.45) is 5.41 Å². The maximum atomic E-state index is 13.7. The Labute approximate surface area is 289 Å². The number of carbonyl (C=O) groups is 1. The van der Waals surface area contributed by atoms with E-state index in [2.05, 4.69) is 91.8 Å². The topological polar surface area (TPSA) is 35.5 Å². The first-order valence-corrected chi connectivity index (χ1v) is 19.7. The minimum atomic E-state index is -0.443. The fourth-order valence-electron chi connectivity index (χ4n) is 8.02. The molecule has 2 atom stereocenters. The van der Waals surface area contributed by atoms with Crippen molar-refractivity contribution < 1.29 is 14.3 Å². The normalized spacial score (nSPS) is 19.1. The summed E-state index contributed by atoms with van der Waals surface area (Å²) in [4.78, 5) is 13.7. The molecular weight excluding hydrogens is 576 g/mol. The summed E-state index contributed by atoms with van der Waals surface area (Å²) < 4.78 is 13.3. The molecule has 2 saturated carbocycles. The molecule has 0 bridgehead atoms. The van der Waals surface area contributed by atoms with Gasteiger partial charge in [0, 0.05) is 5.41 Å². The summed E-state index contributed by atoms with van der Waals surface area (Å²) in [6, 6.07) is 13.9. The number of benzene rings is 2. The van der Waals surface area contributed by atoms with Crippen LogP contribution in [0.5, 0.6) is 11.5 Å². The van der Waals surface area contributed by atoms with Gasteiger partial charge in [-0.3, -0.25) is 4.79 Å². The third-order valence-corrected chi connectivity index (χ3v) is 12.3. The van der Waals surface area contributed by atoms with Gasteiger partial charge in [-0.15, -0.1) is 0 Å². The van der Waals surface area contributed by atoms with E-state index >= 15 is 0 Å². The van der Waals surface area contributed by atoms with Crippen LogP contribution in [-0.4, -0.2) is 11.6 Å². The average Bonchev–Trinajstić information content (AvgIpc) is 3.10. The number of ether oxygens (including phenoxy) is 2. The standard InChI is InChI=1S/C44H68O3/c1-9-13-29-43(7,11-3)41(45)46-39-27-25-35(31-37(39)33-21-17-15-18-22-33)42(5,6)36-26-28-40(47-44(8,12-4)30-14-10-2)38(32-36)34-23-19-16-20-24-34/h25-28,31-34H,9-24,29-30H2,1-8H3. The van der Waals surface area contributed by atoms with E-state index in [0.717, 1.165) is 50.0 Å². The zero-order chi connectivity index (χ0) is 34.1. The van der Waals surface area contributed by atoms with Gasteiger partial charge in [0.2, 0.25) is 0 Å². The second-order valence-corrected chi connectivity index (χ2v) is 16.2. The zero-order valence-corrected chi connectivity index (χ0v) is 31.6. The van der Waals surface area contributed by atoms with Crippen molar-refractivity contribution >= 4 is 5.97 Å². The predicted molar refractivity (Wildman–Crippen MR) is 199 cm³/mol. The molecular formula is C44H68O3. The highest BCUT2D eigenvalue weighted by molar-refractivity contribution is 5.79. The van der Waals surface area contributed by atoms with E-state index in [1.165, 1.54) is 99.3 Å². The first-order chi connectivity index (χ1) is 22.5. The van der Waals surface area contributed by atoms with E-state index in [1.807, 2.05) is 0 Å². The lowest BCUT2D eigenvalue weighted by molar-refractivity contribution is -0.145. The van der Waals surface area contributed by atoms with Crippen LogP contribution in [-0.2, 0) is 10.2 Å². The van der Waals surface area contributed by atoms with E-state index in [1.54, 1.807) is 0 Å². The molecule has 0 N–H and O–H groups in total. The van der Waals surface area contributed by atoms with Crippen LogP contribution in [0, 0.1) is 5.41 Å². The first kappa shape index (κ1) is 37.5. The Morgan fingerprint density at radius 3 is 1.64 bits per heavy atom. The molecule has 2 aromatic carbocycles. The molecule has 2 fully saturated rings. The van der Waals surface area contributed by atoms with Crippen LogP contribution in [0.1, 0.15) is 205 Å². The lowest BCUT2D eigenvalue weighted by atomic mass is 9.74. The molecule has 0 saturated heterocycles. The summed E-state index contributed by atoms with van der Waals surface area (Å²) in [7, 11) is 0. The first-order valence-electron chi connectivity index (χ1n) is 19.7. The molecule has 2 unspecified atom stereocenters. The third kappa shape index (κ3) is 9.24. The largest absolute Gasteiger partial charge is 0.487 e. The van der Waals surface area contributed by atoms with E-state index in [9.17, 15) is 4.79 Å². The Morgan fingerprint density at radius 1 is 0.660 bits per heavy atom. The van der Waals surface area contributed by atoms with Gasteiger partial charge in [-0.25, -0.2) is 0 Å². The minimum absolute atomic E-state index is 0.0664. The van der Waals surface area contributed by atoms with Gasteiger partial charge in [-0.2, -0.15) is 0 Å². The van der Waals surface area contributed by atoms with Crippen LogP contribution in [0.15, 0.2) is 36.4 Å². The zero-order valence-electron chi connectivity index (χ0n) is 31.6. The second kappa shape index (κ2) is 16.9. The molecule has 0 radical (unpaired) electrons. The predicted octanol–water partition coefficient (Wildman–Crippen LogP) is 13.4. The number of hydrogen-bond donors (Lipinski definition) is 0. The van der Waals surface area contributed by atoms with Gasteiger partial charge in [0.1, 0.15) is 17.1 Å². The maximum Gasteiger partial charge on any atom is 0.317 e. The van der Waals surface area contributed by atoms with Crippen molar-refractivity contribution in [1.82, 2.24) is 0 Å². The van der Waals surface area contributed by atoms with E-state index in [-0.39, 0.29) is 17.0 Å². The Kier molecular flexibility index (Phi) is 13.5. The molecule has 4 rings (SSSR count). The van der Waals surface area contributed by atoms with Crippen LogP contribution < -0.4 is 9.47 Å². The molecule has 3 heteroatoms. The summed E-state index contributed by atoms with van der Waals surface area (Å²) in [5.41, 5.74) is 4.50. The van der Waals surface area contributed by atoms with Gasteiger partial charge in [-0.1, -0.05) is 124 Å². The van der Waals surface area contributed by atoms with Crippen LogP contribution >= 0.6 is 0 Å². The molecule has 47 heavy (non-hydrogen) atoms. The molecule has 0 spiro atoms. The van der Waals surface area contributed by atoms with Crippen molar-refractivity contribution in [3.8, 4) is 11.5 Å². The maximum absolute atomic E-state index is 13.7.